The van der Waals surface area contributed by atoms with E-state index in [2.05, 4.69) is 39.6 Å². The summed E-state index contributed by atoms with van der Waals surface area (Å²) in [7, 11) is 0. The highest BCUT2D eigenvalue weighted by Crippen LogP contribution is 2.27. The van der Waals surface area contributed by atoms with Crippen LogP contribution in [0.5, 0.6) is 0 Å². The molecule has 116 valence electrons. The zero-order valence-electron chi connectivity index (χ0n) is 12.8. The standard InChI is InChI=1S/C19H14N4S/c1-3-7-15(8-4-1)18-12-11-17(24-18)13-21-23-14-20-22-19(23)16-9-5-2-6-10-16/h1-14H/b21-13-. The molecule has 0 aliphatic heterocycles. The SMILES string of the molecule is C(=N/n1cnnc1-c1ccccc1)/c1ccc(-c2ccccc2)s1. The quantitative estimate of drug-likeness (QED) is 0.515. The number of thiophene rings is 1. The molecule has 2 aromatic carbocycles. The topological polar surface area (TPSA) is 43.1 Å². The van der Waals surface area contributed by atoms with Crippen molar-refractivity contribution in [2.75, 3.05) is 0 Å². The van der Waals surface area contributed by atoms with Gasteiger partial charge >= 0.3 is 0 Å². The lowest BCUT2D eigenvalue weighted by Crippen LogP contribution is -1.92. The van der Waals surface area contributed by atoms with E-state index in [1.807, 2.05) is 54.7 Å². The van der Waals surface area contributed by atoms with Gasteiger partial charge in [0.15, 0.2) is 5.82 Å². The molecular weight excluding hydrogens is 316 g/mol. The van der Waals surface area contributed by atoms with Gasteiger partial charge in [0.1, 0.15) is 6.33 Å². The van der Waals surface area contributed by atoms with Crippen molar-refractivity contribution in [3.8, 4) is 21.8 Å². The fraction of sp³-hybridized carbons (Fsp3) is 0. The number of nitrogens with zero attached hydrogens (tertiary/aromatic N) is 4. The van der Waals surface area contributed by atoms with Gasteiger partial charge < -0.3 is 0 Å². The Morgan fingerprint density at radius 2 is 1.54 bits per heavy atom. The third kappa shape index (κ3) is 3.02. The van der Waals surface area contributed by atoms with Gasteiger partial charge in [-0.15, -0.1) is 21.5 Å². The first-order valence-corrected chi connectivity index (χ1v) is 8.37. The lowest BCUT2D eigenvalue weighted by atomic mass is 10.2. The molecule has 24 heavy (non-hydrogen) atoms. The predicted octanol–water partition coefficient (Wildman–Crippen LogP) is 4.56. The lowest BCUT2D eigenvalue weighted by Gasteiger charge is -1.99. The normalized spacial score (nSPS) is 11.2. The van der Waals surface area contributed by atoms with Crippen LogP contribution in [-0.2, 0) is 0 Å². The van der Waals surface area contributed by atoms with Crippen LogP contribution in [0, 0.1) is 0 Å². The minimum Gasteiger partial charge on any atom is -0.200 e. The van der Waals surface area contributed by atoms with E-state index in [4.69, 9.17) is 0 Å². The second-order valence-corrected chi connectivity index (χ2v) is 6.29. The summed E-state index contributed by atoms with van der Waals surface area (Å²) in [5, 5.41) is 12.6. The summed E-state index contributed by atoms with van der Waals surface area (Å²) in [6.07, 6.45) is 3.46. The molecule has 4 nitrogen and oxygen atoms in total. The highest BCUT2D eigenvalue weighted by Gasteiger charge is 2.06. The number of hydrogen-bond acceptors (Lipinski definition) is 4. The van der Waals surface area contributed by atoms with Crippen LogP contribution in [0.4, 0.5) is 0 Å². The maximum Gasteiger partial charge on any atom is 0.184 e. The highest BCUT2D eigenvalue weighted by molar-refractivity contribution is 7.17. The third-order valence-corrected chi connectivity index (χ3v) is 4.63. The molecule has 2 aromatic heterocycles. The molecule has 0 radical (unpaired) electrons. The minimum atomic E-state index is 0.728. The van der Waals surface area contributed by atoms with Gasteiger partial charge in [0, 0.05) is 15.3 Å². The third-order valence-electron chi connectivity index (χ3n) is 3.56. The van der Waals surface area contributed by atoms with Crippen LogP contribution in [0.3, 0.4) is 0 Å². The molecule has 4 aromatic rings. The van der Waals surface area contributed by atoms with Gasteiger partial charge in [-0.3, -0.25) is 0 Å². The van der Waals surface area contributed by atoms with Crippen molar-refractivity contribution in [2.24, 2.45) is 5.10 Å². The fourth-order valence-electron chi connectivity index (χ4n) is 2.39. The van der Waals surface area contributed by atoms with E-state index < -0.39 is 0 Å². The maximum atomic E-state index is 4.50. The van der Waals surface area contributed by atoms with Gasteiger partial charge in [0.25, 0.3) is 0 Å². The fourth-order valence-corrected chi connectivity index (χ4v) is 3.27. The Balaban J connectivity index is 1.59. The maximum absolute atomic E-state index is 4.50. The number of benzene rings is 2. The van der Waals surface area contributed by atoms with Crippen LogP contribution in [0.2, 0.25) is 0 Å². The lowest BCUT2D eigenvalue weighted by molar-refractivity contribution is 0.888. The summed E-state index contributed by atoms with van der Waals surface area (Å²) in [6, 6.07) is 24.4. The summed E-state index contributed by atoms with van der Waals surface area (Å²) < 4.78 is 1.69. The van der Waals surface area contributed by atoms with Crippen molar-refractivity contribution < 1.29 is 0 Å². The Morgan fingerprint density at radius 3 is 2.29 bits per heavy atom. The van der Waals surface area contributed by atoms with Crippen LogP contribution in [0.25, 0.3) is 21.8 Å². The molecule has 4 rings (SSSR count). The smallest absolute Gasteiger partial charge is 0.184 e. The molecule has 0 N–H and O–H groups in total. The summed E-state index contributed by atoms with van der Waals surface area (Å²) in [5.41, 5.74) is 2.21. The summed E-state index contributed by atoms with van der Waals surface area (Å²) in [6.45, 7) is 0. The Bertz CT molecular complexity index is 955. The number of rotatable bonds is 4. The second-order valence-electron chi connectivity index (χ2n) is 5.18. The molecule has 0 aliphatic carbocycles. The van der Waals surface area contributed by atoms with E-state index in [0.717, 1.165) is 16.3 Å². The Morgan fingerprint density at radius 1 is 0.833 bits per heavy atom. The van der Waals surface area contributed by atoms with E-state index in [1.165, 1.54) is 10.4 Å². The van der Waals surface area contributed by atoms with Gasteiger partial charge in [-0.1, -0.05) is 60.7 Å². The first kappa shape index (κ1) is 14.5. The molecule has 5 heteroatoms. The first-order valence-electron chi connectivity index (χ1n) is 7.55. The van der Waals surface area contributed by atoms with Gasteiger partial charge in [-0.25, -0.2) is 0 Å². The van der Waals surface area contributed by atoms with Gasteiger partial charge in [0.2, 0.25) is 0 Å². The summed E-state index contributed by atoms with van der Waals surface area (Å²) >= 11 is 1.71. The molecule has 2 heterocycles. The molecule has 0 saturated heterocycles. The second kappa shape index (κ2) is 6.60. The van der Waals surface area contributed by atoms with Crippen molar-refractivity contribution in [1.29, 1.82) is 0 Å². The molecule has 0 fully saturated rings. The van der Waals surface area contributed by atoms with Crippen LogP contribution in [-0.4, -0.2) is 21.1 Å². The van der Waals surface area contributed by atoms with Crippen LogP contribution in [0.15, 0.2) is 84.2 Å². The van der Waals surface area contributed by atoms with Crippen molar-refractivity contribution in [2.45, 2.75) is 0 Å². The average molecular weight is 330 g/mol. The molecule has 0 aliphatic rings. The number of hydrogen-bond donors (Lipinski definition) is 0. The monoisotopic (exact) mass is 330 g/mol. The van der Waals surface area contributed by atoms with Gasteiger partial charge in [0.05, 0.1) is 6.21 Å². The zero-order valence-corrected chi connectivity index (χ0v) is 13.6. The average Bonchev–Trinajstić information content (AvgIpc) is 3.31. The largest absolute Gasteiger partial charge is 0.200 e. The highest BCUT2D eigenvalue weighted by atomic mass is 32.1. The molecule has 0 saturated carbocycles. The van der Waals surface area contributed by atoms with Crippen molar-refractivity contribution in [3.63, 3.8) is 0 Å². The van der Waals surface area contributed by atoms with Crippen LogP contribution in [0.1, 0.15) is 4.88 Å². The van der Waals surface area contributed by atoms with Crippen molar-refractivity contribution in [3.05, 3.63) is 84.0 Å². The van der Waals surface area contributed by atoms with Crippen LogP contribution < -0.4 is 0 Å². The molecular formula is C19H14N4S. The molecule has 0 spiro atoms. The predicted molar refractivity (Wildman–Crippen MR) is 98.2 cm³/mol. The Labute approximate surface area is 143 Å². The van der Waals surface area contributed by atoms with Crippen molar-refractivity contribution >= 4 is 17.6 Å². The van der Waals surface area contributed by atoms with E-state index in [0.29, 0.717) is 0 Å². The van der Waals surface area contributed by atoms with Crippen molar-refractivity contribution in [1.82, 2.24) is 14.9 Å². The van der Waals surface area contributed by atoms with Gasteiger partial charge in [-0.2, -0.15) is 9.78 Å². The van der Waals surface area contributed by atoms with Gasteiger partial charge in [-0.05, 0) is 17.7 Å². The number of aromatic nitrogens is 3. The summed E-state index contributed by atoms with van der Waals surface area (Å²) in [4.78, 5) is 2.31. The Kier molecular flexibility index (Phi) is 4.00. The van der Waals surface area contributed by atoms with E-state index in [-0.39, 0.29) is 0 Å². The van der Waals surface area contributed by atoms with Crippen LogP contribution >= 0.6 is 11.3 Å². The van der Waals surface area contributed by atoms with E-state index >= 15 is 0 Å². The van der Waals surface area contributed by atoms with E-state index in [9.17, 15) is 0 Å². The summed E-state index contributed by atoms with van der Waals surface area (Å²) in [5.74, 6) is 0.728. The molecule has 0 amide bonds. The van der Waals surface area contributed by atoms with E-state index in [1.54, 1.807) is 22.3 Å². The zero-order chi connectivity index (χ0) is 16.2. The molecule has 0 unspecified atom stereocenters. The molecule has 0 bridgehead atoms. The Hall–Kier alpha value is -3.05. The first-order chi connectivity index (χ1) is 11.9. The molecule has 0 atom stereocenters. The minimum absolute atomic E-state index is 0.728.